The molecule has 0 bridgehead atoms. The van der Waals surface area contributed by atoms with Crippen LogP contribution < -0.4 is 5.48 Å². The summed E-state index contributed by atoms with van der Waals surface area (Å²) in [4.78, 5) is 26.8. The Hall–Kier alpha value is -1.92. The minimum atomic E-state index is -0.495. The Balaban J connectivity index is 1.53. The third-order valence-corrected chi connectivity index (χ3v) is 5.98. The summed E-state index contributed by atoms with van der Waals surface area (Å²) in [5.41, 5.74) is 4.12. The summed E-state index contributed by atoms with van der Waals surface area (Å²) in [5.74, 6) is 0.300. The Kier molecular flexibility index (Phi) is 4.25. The highest BCUT2D eigenvalue weighted by molar-refractivity contribution is 5.93. The van der Waals surface area contributed by atoms with Crippen molar-refractivity contribution in [3.05, 3.63) is 34.9 Å². The highest BCUT2D eigenvalue weighted by Crippen LogP contribution is 2.43. The number of rotatable bonds is 3. The van der Waals surface area contributed by atoms with Crippen molar-refractivity contribution in [2.75, 3.05) is 26.3 Å². The maximum Gasteiger partial charge on any atom is 0.274 e. The maximum absolute atomic E-state index is 13.2. The molecule has 6 heteroatoms. The smallest absolute Gasteiger partial charge is 0.274 e. The van der Waals surface area contributed by atoms with Crippen LogP contribution in [0, 0.1) is 11.3 Å². The van der Waals surface area contributed by atoms with Gasteiger partial charge in [0.05, 0.1) is 18.6 Å². The standard InChI is InChI=1S/C19H24N2O4/c22-17(20-24)15-2-3-16-9-19(6-4-14(16)8-15)5-1-7-21(18(19)23)10-13-11-25-12-13/h2-3,8,13,24H,1,4-7,9-12H2,(H,20,22)/t19-/m0/s1. The van der Waals surface area contributed by atoms with Gasteiger partial charge in [0.2, 0.25) is 5.91 Å². The molecule has 134 valence electrons. The molecule has 4 rings (SSSR count). The molecule has 1 atom stereocenters. The van der Waals surface area contributed by atoms with E-state index in [9.17, 15) is 9.59 Å². The minimum Gasteiger partial charge on any atom is -0.381 e. The molecule has 25 heavy (non-hydrogen) atoms. The maximum atomic E-state index is 13.2. The first-order valence-electron chi connectivity index (χ1n) is 9.05. The van der Waals surface area contributed by atoms with Crippen LogP contribution in [-0.4, -0.2) is 48.2 Å². The fourth-order valence-electron chi connectivity index (χ4n) is 4.49. The molecule has 2 fully saturated rings. The van der Waals surface area contributed by atoms with E-state index in [2.05, 4.69) is 4.90 Å². The largest absolute Gasteiger partial charge is 0.381 e. The SMILES string of the molecule is O=C(NO)c1ccc2c(c1)CC[C@@]1(CCCN(CC3COC3)C1=O)C2. The zero-order valence-electron chi connectivity index (χ0n) is 14.3. The minimum absolute atomic E-state index is 0.281. The van der Waals surface area contributed by atoms with Crippen molar-refractivity contribution < 1.29 is 19.5 Å². The number of hydrogen-bond acceptors (Lipinski definition) is 4. The lowest BCUT2D eigenvalue weighted by molar-refractivity contribution is -0.151. The number of aryl methyl sites for hydroxylation is 1. The Morgan fingerprint density at radius 2 is 2.16 bits per heavy atom. The van der Waals surface area contributed by atoms with Crippen LogP contribution in [0.15, 0.2) is 18.2 Å². The molecule has 1 spiro atoms. The molecule has 0 radical (unpaired) electrons. The van der Waals surface area contributed by atoms with Crippen molar-refractivity contribution in [2.24, 2.45) is 11.3 Å². The number of nitrogens with zero attached hydrogens (tertiary/aromatic N) is 1. The van der Waals surface area contributed by atoms with Gasteiger partial charge in [0, 0.05) is 24.6 Å². The highest BCUT2D eigenvalue weighted by Gasteiger charge is 2.46. The number of hydroxylamine groups is 1. The van der Waals surface area contributed by atoms with E-state index >= 15 is 0 Å². The van der Waals surface area contributed by atoms with Gasteiger partial charge in [0.25, 0.3) is 5.91 Å². The van der Waals surface area contributed by atoms with Gasteiger partial charge in [-0.15, -0.1) is 0 Å². The molecule has 2 aliphatic heterocycles. The van der Waals surface area contributed by atoms with Crippen molar-refractivity contribution >= 4 is 11.8 Å². The lowest BCUT2D eigenvalue weighted by atomic mass is 9.66. The van der Waals surface area contributed by atoms with Crippen molar-refractivity contribution in [1.29, 1.82) is 0 Å². The second-order valence-electron chi connectivity index (χ2n) is 7.64. The highest BCUT2D eigenvalue weighted by atomic mass is 16.5. The number of hydrogen-bond donors (Lipinski definition) is 2. The lowest BCUT2D eigenvalue weighted by Crippen LogP contribution is -2.54. The molecule has 6 nitrogen and oxygen atoms in total. The van der Waals surface area contributed by atoms with E-state index in [0.717, 1.165) is 69.5 Å². The summed E-state index contributed by atoms with van der Waals surface area (Å²) in [5, 5.41) is 8.79. The van der Waals surface area contributed by atoms with E-state index in [-0.39, 0.29) is 5.41 Å². The van der Waals surface area contributed by atoms with Crippen LogP contribution in [0.1, 0.15) is 40.7 Å². The molecule has 1 aliphatic carbocycles. The zero-order chi connectivity index (χ0) is 17.4. The van der Waals surface area contributed by atoms with Crippen molar-refractivity contribution in [3.63, 3.8) is 0 Å². The molecule has 2 heterocycles. The first kappa shape index (κ1) is 16.5. The van der Waals surface area contributed by atoms with Crippen molar-refractivity contribution in [1.82, 2.24) is 10.4 Å². The van der Waals surface area contributed by atoms with E-state index in [1.807, 2.05) is 12.1 Å². The molecule has 1 aromatic carbocycles. The van der Waals surface area contributed by atoms with Crippen LogP contribution in [0.4, 0.5) is 0 Å². The van der Waals surface area contributed by atoms with E-state index in [4.69, 9.17) is 9.94 Å². The molecule has 2 N–H and O–H groups in total. The molecule has 2 saturated heterocycles. The number of likely N-dealkylation sites (tertiary alicyclic amines) is 1. The Labute approximate surface area is 147 Å². The number of piperidine rings is 1. The molecular weight excluding hydrogens is 320 g/mol. The van der Waals surface area contributed by atoms with Gasteiger partial charge in [-0.25, -0.2) is 5.48 Å². The fraction of sp³-hybridized carbons (Fsp3) is 0.579. The Bertz CT molecular complexity index is 701. The van der Waals surface area contributed by atoms with Crippen LogP contribution in [0.2, 0.25) is 0 Å². The predicted molar refractivity (Wildman–Crippen MR) is 90.3 cm³/mol. The average molecular weight is 344 g/mol. The van der Waals surface area contributed by atoms with Crippen molar-refractivity contribution in [2.45, 2.75) is 32.1 Å². The number of carbonyl (C=O) groups excluding carboxylic acids is 2. The van der Waals surface area contributed by atoms with Gasteiger partial charge in [-0.1, -0.05) is 6.07 Å². The predicted octanol–water partition coefficient (Wildman–Crippen LogP) is 1.55. The van der Waals surface area contributed by atoms with Gasteiger partial charge in [-0.2, -0.15) is 0 Å². The van der Waals surface area contributed by atoms with Gasteiger partial charge in [-0.05, 0) is 55.4 Å². The third kappa shape index (κ3) is 2.93. The quantitative estimate of drug-likeness (QED) is 0.644. The summed E-state index contributed by atoms with van der Waals surface area (Å²) in [6, 6.07) is 5.50. The van der Waals surface area contributed by atoms with Gasteiger partial charge >= 0.3 is 0 Å². The van der Waals surface area contributed by atoms with Gasteiger partial charge in [-0.3, -0.25) is 14.8 Å². The number of fused-ring (bicyclic) bond motifs is 1. The monoisotopic (exact) mass is 344 g/mol. The average Bonchev–Trinajstić information content (AvgIpc) is 2.60. The number of ether oxygens (including phenoxy) is 1. The lowest BCUT2D eigenvalue weighted by Gasteiger charge is -2.46. The van der Waals surface area contributed by atoms with Gasteiger partial charge < -0.3 is 9.64 Å². The van der Waals surface area contributed by atoms with Crippen LogP contribution in [0.5, 0.6) is 0 Å². The molecule has 1 aromatic rings. The normalized spacial score (nSPS) is 26.3. The molecule has 2 amide bonds. The van der Waals surface area contributed by atoms with Crippen LogP contribution in [-0.2, 0) is 22.4 Å². The first-order chi connectivity index (χ1) is 12.1. The Morgan fingerprint density at radius 1 is 1.32 bits per heavy atom. The number of amides is 2. The summed E-state index contributed by atoms with van der Waals surface area (Å²) < 4.78 is 5.25. The van der Waals surface area contributed by atoms with Crippen LogP contribution >= 0.6 is 0 Å². The van der Waals surface area contributed by atoms with E-state index in [1.165, 1.54) is 0 Å². The summed E-state index contributed by atoms with van der Waals surface area (Å²) in [7, 11) is 0. The van der Waals surface area contributed by atoms with Gasteiger partial charge in [0.15, 0.2) is 0 Å². The van der Waals surface area contributed by atoms with Crippen LogP contribution in [0.3, 0.4) is 0 Å². The van der Waals surface area contributed by atoms with E-state index in [1.54, 1.807) is 11.5 Å². The molecular formula is C19H24N2O4. The van der Waals surface area contributed by atoms with Gasteiger partial charge in [0.1, 0.15) is 0 Å². The second-order valence-corrected chi connectivity index (χ2v) is 7.64. The number of carbonyl (C=O) groups is 2. The molecule has 0 aromatic heterocycles. The number of benzene rings is 1. The molecule has 0 unspecified atom stereocenters. The van der Waals surface area contributed by atoms with E-state index in [0.29, 0.717) is 17.4 Å². The third-order valence-electron chi connectivity index (χ3n) is 5.98. The second kappa shape index (κ2) is 6.42. The number of nitrogens with one attached hydrogen (secondary N) is 1. The first-order valence-corrected chi connectivity index (χ1v) is 9.05. The summed E-state index contributed by atoms with van der Waals surface area (Å²) >= 11 is 0. The Morgan fingerprint density at radius 3 is 2.88 bits per heavy atom. The van der Waals surface area contributed by atoms with Crippen LogP contribution in [0.25, 0.3) is 0 Å². The fourth-order valence-corrected chi connectivity index (χ4v) is 4.49. The van der Waals surface area contributed by atoms with Crippen molar-refractivity contribution in [3.8, 4) is 0 Å². The summed E-state index contributed by atoms with van der Waals surface area (Å²) in [6.45, 7) is 3.23. The topological polar surface area (TPSA) is 78.9 Å². The summed E-state index contributed by atoms with van der Waals surface area (Å²) in [6.07, 6.45) is 4.38. The zero-order valence-corrected chi connectivity index (χ0v) is 14.3. The molecule has 3 aliphatic rings. The molecule has 0 saturated carbocycles. The van der Waals surface area contributed by atoms with E-state index < -0.39 is 5.91 Å².